The second-order valence-electron chi connectivity index (χ2n) is 3.55. The summed E-state index contributed by atoms with van der Waals surface area (Å²) >= 11 is 1.87. The van der Waals surface area contributed by atoms with Crippen LogP contribution in [0, 0.1) is 9.39 Å². The van der Waals surface area contributed by atoms with Crippen LogP contribution in [0.4, 0.5) is 4.39 Å². The fourth-order valence-corrected chi connectivity index (χ4v) is 2.20. The zero-order valence-corrected chi connectivity index (χ0v) is 11.2. The number of halogens is 2. The lowest BCUT2D eigenvalue weighted by Crippen LogP contribution is -2.29. The second-order valence-corrected chi connectivity index (χ2v) is 4.72. The van der Waals surface area contributed by atoms with Crippen molar-refractivity contribution < 1.29 is 9.18 Å². The quantitative estimate of drug-likeness (QED) is 0.831. The van der Waals surface area contributed by atoms with Crippen LogP contribution in [0.15, 0.2) is 41.3 Å². The molecule has 1 heterocycles. The maximum Gasteiger partial charge on any atom is 0.269 e. The summed E-state index contributed by atoms with van der Waals surface area (Å²) in [7, 11) is 0. The van der Waals surface area contributed by atoms with E-state index in [4.69, 9.17) is 5.73 Å². The summed E-state index contributed by atoms with van der Waals surface area (Å²) in [6.07, 6.45) is 1.52. The molecule has 2 aromatic rings. The lowest BCUT2D eigenvalue weighted by molar-refractivity contribution is 0.0997. The Labute approximate surface area is 115 Å². The smallest absolute Gasteiger partial charge is 0.269 e. The van der Waals surface area contributed by atoms with E-state index < -0.39 is 17.3 Å². The fourth-order valence-electron chi connectivity index (χ4n) is 1.54. The Bertz CT molecular complexity index is 665. The molecule has 1 aromatic heterocycles. The third-order valence-corrected chi connectivity index (χ3v) is 3.29. The van der Waals surface area contributed by atoms with Crippen LogP contribution >= 0.6 is 22.6 Å². The zero-order chi connectivity index (χ0) is 13.3. The Kier molecular flexibility index (Phi) is 3.46. The molecule has 0 saturated carbocycles. The number of aromatic nitrogens is 1. The number of hydrogen-bond donors (Lipinski definition) is 1. The molecule has 92 valence electrons. The Balaban J connectivity index is 2.67. The van der Waals surface area contributed by atoms with E-state index in [0.717, 1.165) is 0 Å². The standard InChI is InChI=1S/C12H8FIN2O2/c13-7-1-3-8(4-2-7)16-6-5-9(14)10(11(15)17)12(16)18/h1-6H,(H2,15,17). The number of carbonyl (C=O) groups is 1. The second kappa shape index (κ2) is 4.89. The molecule has 18 heavy (non-hydrogen) atoms. The van der Waals surface area contributed by atoms with E-state index in [0.29, 0.717) is 9.26 Å². The van der Waals surface area contributed by atoms with Gasteiger partial charge < -0.3 is 5.73 Å². The Morgan fingerprint density at radius 3 is 2.39 bits per heavy atom. The third kappa shape index (κ3) is 2.28. The molecule has 0 fully saturated rings. The van der Waals surface area contributed by atoms with Gasteiger partial charge in [-0.2, -0.15) is 0 Å². The first-order valence-electron chi connectivity index (χ1n) is 4.97. The summed E-state index contributed by atoms with van der Waals surface area (Å²) in [5, 5.41) is 0. The molecule has 2 rings (SSSR count). The molecule has 2 N–H and O–H groups in total. The van der Waals surface area contributed by atoms with Gasteiger partial charge in [-0.3, -0.25) is 14.2 Å². The number of benzene rings is 1. The van der Waals surface area contributed by atoms with Crippen LogP contribution in [0.3, 0.4) is 0 Å². The van der Waals surface area contributed by atoms with Crippen molar-refractivity contribution >= 4 is 28.5 Å². The van der Waals surface area contributed by atoms with Gasteiger partial charge in [-0.05, 0) is 52.9 Å². The average Bonchev–Trinajstić information content (AvgIpc) is 2.30. The van der Waals surface area contributed by atoms with Crippen LogP contribution in [-0.2, 0) is 0 Å². The first-order chi connectivity index (χ1) is 8.50. The van der Waals surface area contributed by atoms with Crippen molar-refractivity contribution in [3.8, 4) is 5.69 Å². The van der Waals surface area contributed by atoms with Gasteiger partial charge in [0.25, 0.3) is 11.5 Å². The molecule has 6 heteroatoms. The summed E-state index contributed by atoms with van der Waals surface area (Å²) in [5.74, 6) is -1.17. The molecule has 0 spiro atoms. The Hall–Kier alpha value is -1.70. The lowest BCUT2D eigenvalue weighted by Gasteiger charge is -2.08. The first kappa shape index (κ1) is 12.7. The number of hydrogen-bond acceptors (Lipinski definition) is 2. The van der Waals surface area contributed by atoms with Gasteiger partial charge in [-0.15, -0.1) is 0 Å². The van der Waals surface area contributed by atoms with E-state index >= 15 is 0 Å². The Morgan fingerprint density at radius 2 is 1.83 bits per heavy atom. The van der Waals surface area contributed by atoms with Crippen LogP contribution in [0.1, 0.15) is 10.4 Å². The molecular formula is C12H8FIN2O2. The highest BCUT2D eigenvalue weighted by Crippen LogP contribution is 2.11. The van der Waals surface area contributed by atoms with Gasteiger partial charge >= 0.3 is 0 Å². The molecule has 0 radical (unpaired) electrons. The number of nitrogens with two attached hydrogens (primary N) is 1. The van der Waals surface area contributed by atoms with Gasteiger partial charge in [-0.1, -0.05) is 0 Å². The summed E-state index contributed by atoms with van der Waals surface area (Å²) in [4.78, 5) is 23.3. The van der Waals surface area contributed by atoms with Crippen LogP contribution in [-0.4, -0.2) is 10.5 Å². The van der Waals surface area contributed by atoms with E-state index in [9.17, 15) is 14.0 Å². The molecule has 0 atom stereocenters. The minimum atomic E-state index is -0.777. The van der Waals surface area contributed by atoms with Crippen molar-refractivity contribution in [2.75, 3.05) is 0 Å². The maximum atomic E-state index is 12.8. The number of carbonyl (C=O) groups excluding carboxylic acids is 1. The topological polar surface area (TPSA) is 65.1 Å². The van der Waals surface area contributed by atoms with Gasteiger partial charge in [0.1, 0.15) is 11.4 Å². The maximum absolute atomic E-state index is 12.8. The average molecular weight is 358 g/mol. The molecule has 1 amide bonds. The van der Waals surface area contributed by atoms with Crippen molar-refractivity contribution in [2.45, 2.75) is 0 Å². The predicted octanol–water partition coefficient (Wildman–Crippen LogP) is 1.68. The van der Waals surface area contributed by atoms with Crippen molar-refractivity contribution in [1.82, 2.24) is 4.57 Å². The molecular weight excluding hydrogens is 350 g/mol. The highest BCUT2D eigenvalue weighted by molar-refractivity contribution is 14.1. The normalized spacial score (nSPS) is 10.3. The molecule has 0 saturated heterocycles. The van der Waals surface area contributed by atoms with E-state index in [1.165, 1.54) is 35.0 Å². The Morgan fingerprint density at radius 1 is 1.22 bits per heavy atom. The number of nitrogens with zero attached hydrogens (tertiary/aromatic N) is 1. The number of primary amides is 1. The van der Waals surface area contributed by atoms with E-state index in [1.54, 1.807) is 6.07 Å². The fraction of sp³-hybridized carbons (Fsp3) is 0. The van der Waals surface area contributed by atoms with E-state index in [-0.39, 0.29) is 5.56 Å². The van der Waals surface area contributed by atoms with E-state index in [1.807, 2.05) is 22.6 Å². The number of rotatable bonds is 2. The minimum absolute atomic E-state index is 0.0672. The summed E-state index contributed by atoms with van der Waals surface area (Å²) in [5.41, 5.74) is 5.06. The highest BCUT2D eigenvalue weighted by Gasteiger charge is 2.14. The monoisotopic (exact) mass is 358 g/mol. The summed E-state index contributed by atoms with van der Waals surface area (Å²) in [6.45, 7) is 0. The summed E-state index contributed by atoms with van der Waals surface area (Å²) < 4.78 is 14.6. The first-order valence-corrected chi connectivity index (χ1v) is 6.05. The van der Waals surface area contributed by atoms with Crippen LogP contribution in [0.5, 0.6) is 0 Å². The van der Waals surface area contributed by atoms with Gasteiger partial charge in [0.05, 0.1) is 0 Å². The third-order valence-electron chi connectivity index (χ3n) is 2.39. The van der Waals surface area contributed by atoms with Gasteiger partial charge in [0, 0.05) is 15.5 Å². The van der Waals surface area contributed by atoms with Crippen LogP contribution in [0.25, 0.3) is 5.69 Å². The highest BCUT2D eigenvalue weighted by atomic mass is 127. The molecule has 1 aromatic carbocycles. The van der Waals surface area contributed by atoms with Crippen molar-refractivity contribution in [3.63, 3.8) is 0 Å². The molecule has 4 nitrogen and oxygen atoms in total. The predicted molar refractivity (Wildman–Crippen MR) is 73.2 cm³/mol. The van der Waals surface area contributed by atoms with Gasteiger partial charge in [-0.25, -0.2) is 4.39 Å². The van der Waals surface area contributed by atoms with E-state index in [2.05, 4.69) is 0 Å². The number of amides is 1. The largest absolute Gasteiger partial charge is 0.365 e. The van der Waals surface area contributed by atoms with Gasteiger partial charge in [0.15, 0.2) is 0 Å². The number of pyridine rings is 1. The zero-order valence-electron chi connectivity index (χ0n) is 9.06. The molecule has 0 aliphatic heterocycles. The summed E-state index contributed by atoms with van der Waals surface area (Å²) in [6, 6.07) is 6.99. The van der Waals surface area contributed by atoms with Crippen molar-refractivity contribution in [1.29, 1.82) is 0 Å². The minimum Gasteiger partial charge on any atom is -0.365 e. The van der Waals surface area contributed by atoms with Gasteiger partial charge in [0.2, 0.25) is 0 Å². The van der Waals surface area contributed by atoms with Crippen molar-refractivity contribution in [3.05, 3.63) is 61.8 Å². The molecule has 0 unspecified atom stereocenters. The van der Waals surface area contributed by atoms with Crippen molar-refractivity contribution in [2.24, 2.45) is 5.73 Å². The lowest BCUT2D eigenvalue weighted by atomic mass is 10.2. The SMILES string of the molecule is NC(=O)c1c(I)ccn(-c2ccc(F)cc2)c1=O. The molecule has 0 bridgehead atoms. The van der Waals surface area contributed by atoms with Crippen LogP contribution < -0.4 is 11.3 Å². The molecule has 0 aliphatic carbocycles. The van der Waals surface area contributed by atoms with Crippen LogP contribution in [0.2, 0.25) is 0 Å². The molecule has 0 aliphatic rings.